The molecule has 0 aliphatic heterocycles. The summed E-state index contributed by atoms with van der Waals surface area (Å²) in [5.74, 6) is 0.817. The second-order valence-electron chi connectivity index (χ2n) is 3.03. The van der Waals surface area contributed by atoms with E-state index in [0.717, 1.165) is 16.6 Å². The van der Waals surface area contributed by atoms with Crippen molar-refractivity contribution in [2.45, 2.75) is 19.9 Å². The van der Waals surface area contributed by atoms with E-state index in [9.17, 15) is 0 Å². The van der Waals surface area contributed by atoms with Crippen LogP contribution in [-0.2, 0) is 0 Å². The lowest BCUT2D eigenvalue weighted by Crippen LogP contribution is -2.08. The molecule has 2 heterocycles. The molecule has 0 saturated heterocycles. The van der Waals surface area contributed by atoms with Crippen LogP contribution in [0.5, 0.6) is 0 Å². The maximum Gasteiger partial charge on any atom is 0.183 e. The van der Waals surface area contributed by atoms with Gasteiger partial charge in [0.15, 0.2) is 5.13 Å². The Labute approximate surface area is 85.6 Å². The standard InChI is InChI=1S/C8H11N5S/c1-5-3-14-8(11-5)12-6(2)7-9-4-10-13-7/h3-4,6H,1-2H3,(H,11,12)(H,9,10,13). The average molecular weight is 209 g/mol. The molecule has 6 heteroatoms. The van der Waals surface area contributed by atoms with Gasteiger partial charge in [0, 0.05) is 5.38 Å². The first kappa shape index (κ1) is 9.14. The molecule has 2 aromatic heterocycles. The number of hydrogen-bond donors (Lipinski definition) is 2. The zero-order chi connectivity index (χ0) is 9.97. The Morgan fingerprint density at radius 2 is 2.43 bits per heavy atom. The Balaban J connectivity index is 2.05. The van der Waals surface area contributed by atoms with E-state index in [4.69, 9.17) is 0 Å². The van der Waals surface area contributed by atoms with Gasteiger partial charge in [0.1, 0.15) is 12.2 Å². The number of aromatic nitrogens is 4. The van der Waals surface area contributed by atoms with Crippen molar-refractivity contribution >= 4 is 16.5 Å². The van der Waals surface area contributed by atoms with Crippen molar-refractivity contribution in [2.24, 2.45) is 0 Å². The first-order valence-electron chi connectivity index (χ1n) is 4.29. The number of anilines is 1. The molecule has 0 fully saturated rings. The maximum absolute atomic E-state index is 4.31. The lowest BCUT2D eigenvalue weighted by molar-refractivity contribution is 0.793. The quantitative estimate of drug-likeness (QED) is 0.808. The molecule has 1 atom stereocenters. The smallest absolute Gasteiger partial charge is 0.183 e. The topological polar surface area (TPSA) is 66.5 Å². The molecule has 74 valence electrons. The van der Waals surface area contributed by atoms with E-state index in [1.165, 1.54) is 6.33 Å². The molecule has 0 aliphatic rings. The summed E-state index contributed by atoms with van der Waals surface area (Å²) >= 11 is 1.59. The van der Waals surface area contributed by atoms with Crippen LogP contribution in [0.3, 0.4) is 0 Å². The van der Waals surface area contributed by atoms with E-state index >= 15 is 0 Å². The Morgan fingerprint density at radius 1 is 1.57 bits per heavy atom. The number of hydrogen-bond acceptors (Lipinski definition) is 5. The normalized spacial score (nSPS) is 12.7. The van der Waals surface area contributed by atoms with E-state index in [1.54, 1.807) is 11.3 Å². The summed E-state index contributed by atoms with van der Waals surface area (Å²) < 4.78 is 0. The number of aromatic amines is 1. The van der Waals surface area contributed by atoms with Crippen LogP contribution in [0, 0.1) is 6.92 Å². The molecule has 0 aliphatic carbocycles. The number of rotatable bonds is 3. The summed E-state index contributed by atoms with van der Waals surface area (Å²) in [7, 11) is 0. The third kappa shape index (κ3) is 1.90. The Morgan fingerprint density at radius 3 is 3.00 bits per heavy atom. The molecule has 0 amide bonds. The van der Waals surface area contributed by atoms with Gasteiger partial charge in [-0.2, -0.15) is 5.10 Å². The number of H-pyrrole nitrogens is 1. The van der Waals surface area contributed by atoms with Crippen LogP contribution in [0.2, 0.25) is 0 Å². The molecule has 0 bridgehead atoms. The summed E-state index contributed by atoms with van der Waals surface area (Å²) in [4.78, 5) is 8.37. The molecule has 2 N–H and O–H groups in total. The van der Waals surface area contributed by atoms with E-state index in [2.05, 4.69) is 25.5 Å². The summed E-state index contributed by atoms with van der Waals surface area (Å²) in [5.41, 5.74) is 1.03. The third-order valence-corrected chi connectivity index (χ3v) is 2.69. The molecule has 2 aromatic rings. The summed E-state index contributed by atoms with van der Waals surface area (Å²) in [6.07, 6.45) is 1.50. The van der Waals surface area contributed by atoms with Crippen LogP contribution in [0.15, 0.2) is 11.7 Å². The van der Waals surface area contributed by atoms with Crippen molar-refractivity contribution in [1.82, 2.24) is 20.2 Å². The van der Waals surface area contributed by atoms with E-state index in [-0.39, 0.29) is 6.04 Å². The van der Waals surface area contributed by atoms with Gasteiger partial charge in [0.05, 0.1) is 11.7 Å². The molecule has 1 unspecified atom stereocenters. The van der Waals surface area contributed by atoms with Crippen molar-refractivity contribution < 1.29 is 0 Å². The first-order valence-corrected chi connectivity index (χ1v) is 5.17. The molecule has 0 aromatic carbocycles. The monoisotopic (exact) mass is 209 g/mol. The molecular formula is C8H11N5S. The van der Waals surface area contributed by atoms with Gasteiger partial charge >= 0.3 is 0 Å². The molecule has 0 saturated carbocycles. The van der Waals surface area contributed by atoms with Crippen molar-refractivity contribution in [3.8, 4) is 0 Å². The minimum Gasteiger partial charge on any atom is -0.352 e. The van der Waals surface area contributed by atoms with E-state index in [0.29, 0.717) is 0 Å². The largest absolute Gasteiger partial charge is 0.352 e. The zero-order valence-electron chi connectivity index (χ0n) is 7.98. The van der Waals surface area contributed by atoms with Gasteiger partial charge in [-0.3, -0.25) is 5.10 Å². The summed E-state index contributed by atoms with van der Waals surface area (Å²) in [6.45, 7) is 3.98. The van der Waals surface area contributed by atoms with Gasteiger partial charge in [-0.1, -0.05) is 0 Å². The van der Waals surface area contributed by atoms with Crippen LogP contribution in [0.1, 0.15) is 24.5 Å². The first-order chi connectivity index (χ1) is 6.75. The Kier molecular flexibility index (Phi) is 2.45. The molecule has 2 rings (SSSR count). The lowest BCUT2D eigenvalue weighted by Gasteiger charge is -2.08. The number of nitrogens with one attached hydrogen (secondary N) is 2. The predicted molar refractivity (Wildman–Crippen MR) is 55.3 cm³/mol. The van der Waals surface area contributed by atoms with Crippen molar-refractivity contribution in [2.75, 3.05) is 5.32 Å². The highest BCUT2D eigenvalue weighted by atomic mass is 32.1. The highest BCUT2D eigenvalue weighted by Gasteiger charge is 2.09. The van der Waals surface area contributed by atoms with E-state index < -0.39 is 0 Å². The molecule has 5 nitrogen and oxygen atoms in total. The van der Waals surface area contributed by atoms with Gasteiger partial charge in [-0.15, -0.1) is 11.3 Å². The van der Waals surface area contributed by atoms with Crippen LogP contribution in [0.25, 0.3) is 0 Å². The van der Waals surface area contributed by atoms with Crippen LogP contribution >= 0.6 is 11.3 Å². The van der Waals surface area contributed by atoms with Gasteiger partial charge in [-0.05, 0) is 13.8 Å². The van der Waals surface area contributed by atoms with Crippen LogP contribution in [0.4, 0.5) is 5.13 Å². The molecule has 0 radical (unpaired) electrons. The lowest BCUT2D eigenvalue weighted by atomic mass is 10.3. The van der Waals surface area contributed by atoms with Gasteiger partial charge in [0.25, 0.3) is 0 Å². The molecule has 14 heavy (non-hydrogen) atoms. The molecular weight excluding hydrogens is 198 g/mol. The van der Waals surface area contributed by atoms with Gasteiger partial charge in [-0.25, -0.2) is 9.97 Å². The van der Waals surface area contributed by atoms with Crippen LogP contribution < -0.4 is 5.32 Å². The number of thiazole rings is 1. The minimum atomic E-state index is 0.100. The summed E-state index contributed by atoms with van der Waals surface area (Å²) in [5, 5.41) is 12.8. The van der Waals surface area contributed by atoms with Crippen molar-refractivity contribution in [3.63, 3.8) is 0 Å². The summed E-state index contributed by atoms with van der Waals surface area (Å²) in [6, 6.07) is 0.100. The van der Waals surface area contributed by atoms with Gasteiger partial charge in [0.2, 0.25) is 0 Å². The van der Waals surface area contributed by atoms with E-state index in [1.807, 2.05) is 19.2 Å². The number of aryl methyl sites for hydroxylation is 1. The zero-order valence-corrected chi connectivity index (χ0v) is 8.80. The van der Waals surface area contributed by atoms with Crippen LogP contribution in [-0.4, -0.2) is 20.2 Å². The van der Waals surface area contributed by atoms with Gasteiger partial charge < -0.3 is 5.32 Å². The fourth-order valence-corrected chi connectivity index (χ4v) is 1.87. The Bertz CT molecular complexity index is 394. The predicted octanol–water partition coefficient (Wildman–Crippen LogP) is 1.74. The second-order valence-corrected chi connectivity index (χ2v) is 3.89. The highest BCUT2D eigenvalue weighted by Crippen LogP contribution is 2.19. The fourth-order valence-electron chi connectivity index (χ4n) is 1.10. The minimum absolute atomic E-state index is 0.100. The SMILES string of the molecule is Cc1csc(NC(C)c2ncn[nH]2)n1. The highest BCUT2D eigenvalue weighted by molar-refractivity contribution is 7.13. The van der Waals surface area contributed by atoms with Crippen molar-refractivity contribution in [1.29, 1.82) is 0 Å². The average Bonchev–Trinajstić information content (AvgIpc) is 2.75. The van der Waals surface area contributed by atoms with Crippen molar-refractivity contribution in [3.05, 3.63) is 23.2 Å². The second kappa shape index (κ2) is 3.75. The number of nitrogens with zero attached hydrogens (tertiary/aromatic N) is 3. The molecule has 0 spiro atoms. The third-order valence-electron chi connectivity index (χ3n) is 1.80. The Hall–Kier alpha value is -1.43. The maximum atomic E-state index is 4.31. The fraction of sp³-hybridized carbons (Fsp3) is 0.375.